The van der Waals surface area contributed by atoms with Gasteiger partial charge >= 0.3 is 5.97 Å². The number of ether oxygens (including phenoxy) is 1. The first-order chi connectivity index (χ1) is 16.0. The molecule has 0 aliphatic rings. The number of carbonyl (C=O) groups excluding carboxylic acids is 2. The van der Waals surface area contributed by atoms with Crippen molar-refractivity contribution in [2.75, 3.05) is 0 Å². The fourth-order valence-corrected chi connectivity index (χ4v) is 2.71. The Balaban J connectivity index is 1.96. The highest BCUT2D eigenvalue weighted by Gasteiger charge is 2.35. The minimum absolute atomic E-state index is 0.297. The number of phenols is 1. The molecule has 34 heavy (non-hydrogen) atoms. The van der Waals surface area contributed by atoms with Gasteiger partial charge in [-0.15, -0.1) is 0 Å². The highest BCUT2D eigenvalue weighted by Crippen LogP contribution is 2.33. The minimum atomic E-state index is -2.51. The van der Waals surface area contributed by atoms with Gasteiger partial charge < -0.3 is 15.2 Å². The molecule has 2 N–H and O–H groups in total. The summed E-state index contributed by atoms with van der Waals surface area (Å²) in [6.07, 6.45) is 0. The molecular weight excluding hydrogens is 482 g/mol. The lowest BCUT2D eigenvalue weighted by atomic mass is 10.1. The maximum atomic E-state index is 14.3. The van der Waals surface area contributed by atoms with Gasteiger partial charge in [0, 0.05) is 6.54 Å². The standard InChI is InChI=1S/C21H9F8NO4/c22-10-8(20(32)30-6-7-4-2-1-3-5-7)11(23)17(29)19(16(10)28)34-21(33)9-12(24)14(26)18(31)15(27)13(9)25/h1-5,31H,6H2,(H,30,32). The number of halogens is 8. The molecule has 5 nitrogen and oxygen atoms in total. The molecule has 0 radical (unpaired) electrons. The monoisotopic (exact) mass is 491 g/mol. The van der Waals surface area contributed by atoms with Crippen LogP contribution in [-0.2, 0) is 6.54 Å². The molecule has 13 heteroatoms. The van der Waals surface area contributed by atoms with Crippen molar-refractivity contribution in [2.24, 2.45) is 0 Å². The molecule has 0 saturated carbocycles. The van der Waals surface area contributed by atoms with E-state index in [1.807, 2.05) is 5.32 Å². The summed E-state index contributed by atoms with van der Waals surface area (Å²) in [5.74, 6) is -28.0. The molecule has 1 amide bonds. The van der Waals surface area contributed by atoms with Gasteiger partial charge in [0.15, 0.2) is 29.0 Å². The number of hydrogen-bond donors (Lipinski definition) is 2. The number of benzene rings is 3. The molecule has 0 saturated heterocycles. The van der Waals surface area contributed by atoms with Crippen LogP contribution in [0.25, 0.3) is 0 Å². The van der Waals surface area contributed by atoms with Crippen LogP contribution in [0.4, 0.5) is 35.1 Å². The van der Waals surface area contributed by atoms with Crippen molar-refractivity contribution >= 4 is 11.9 Å². The molecule has 0 heterocycles. The summed E-state index contributed by atoms with van der Waals surface area (Å²) in [7, 11) is 0. The van der Waals surface area contributed by atoms with Crippen molar-refractivity contribution in [3.63, 3.8) is 0 Å². The molecule has 0 aromatic heterocycles. The van der Waals surface area contributed by atoms with Crippen LogP contribution in [0, 0.1) is 46.5 Å². The fourth-order valence-electron chi connectivity index (χ4n) is 2.71. The third-order valence-corrected chi connectivity index (χ3v) is 4.39. The number of phenolic OH excluding ortho intramolecular Hbond substituents is 1. The highest BCUT2D eigenvalue weighted by atomic mass is 19.2. The average molecular weight is 491 g/mol. The zero-order valence-corrected chi connectivity index (χ0v) is 16.3. The second kappa shape index (κ2) is 9.37. The van der Waals surface area contributed by atoms with Gasteiger partial charge in [0.1, 0.15) is 11.1 Å². The van der Waals surface area contributed by atoms with Gasteiger partial charge in [-0.05, 0) is 5.56 Å². The molecular formula is C21H9F8NO4. The average Bonchev–Trinajstić information content (AvgIpc) is 2.82. The molecule has 3 aromatic rings. The Hall–Kier alpha value is -4.16. The van der Waals surface area contributed by atoms with E-state index in [9.17, 15) is 44.7 Å². The lowest BCUT2D eigenvalue weighted by molar-refractivity contribution is 0.0703. The smallest absolute Gasteiger partial charge is 0.349 e. The van der Waals surface area contributed by atoms with Gasteiger partial charge in [0.2, 0.25) is 29.0 Å². The zero-order valence-electron chi connectivity index (χ0n) is 16.3. The molecule has 0 aliphatic carbocycles. The Kier molecular flexibility index (Phi) is 6.75. The van der Waals surface area contributed by atoms with E-state index in [4.69, 9.17) is 5.11 Å². The molecule has 0 fully saturated rings. The molecule has 0 aliphatic heterocycles. The van der Waals surface area contributed by atoms with E-state index in [1.165, 1.54) is 12.1 Å². The first-order valence-corrected chi connectivity index (χ1v) is 8.92. The normalized spacial score (nSPS) is 10.8. The van der Waals surface area contributed by atoms with Gasteiger partial charge in [0.25, 0.3) is 5.91 Å². The summed E-state index contributed by atoms with van der Waals surface area (Å²) >= 11 is 0. The van der Waals surface area contributed by atoms with Crippen molar-refractivity contribution in [3.05, 3.63) is 93.6 Å². The number of aromatic hydroxyl groups is 1. The van der Waals surface area contributed by atoms with Crippen LogP contribution in [-0.4, -0.2) is 17.0 Å². The summed E-state index contributed by atoms with van der Waals surface area (Å²) < 4.78 is 116. The molecule has 0 spiro atoms. The zero-order chi connectivity index (χ0) is 25.3. The van der Waals surface area contributed by atoms with Crippen LogP contribution in [0.1, 0.15) is 26.3 Å². The number of hydrogen-bond acceptors (Lipinski definition) is 4. The van der Waals surface area contributed by atoms with Gasteiger partial charge in [-0.25, -0.2) is 22.4 Å². The Morgan fingerprint density at radius 1 is 0.706 bits per heavy atom. The number of carbonyl (C=O) groups is 2. The van der Waals surface area contributed by atoms with Crippen LogP contribution in [0.5, 0.6) is 11.5 Å². The van der Waals surface area contributed by atoms with E-state index in [0.29, 0.717) is 5.56 Å². The van der Waals surface area contributed by atoms with E-state index in [0.717, 1.165) is 0 Å². The van der Waals surface area contributed by atoms with Crippen molar-refractivity contribution in [1.29, 1.82) is 0 Å². The summed E-state index contributed by atoms with van der Waals surface area (Å²) in [6, 6.07) is 7.81. The summed E-state index contributed by atoms with van der Waals surface area (Å²) in [5.41, 5.74) is -3.48. The van der Waals surface area contributed by atoms with E-state index in [1.54, 1.807) is 18.2 Å². The molecule has 0 atom stereocenters. The lowest BCUT2D eigenvalue weighted by Gasteiger charge is -2.13. The molecule has 0 unspecified atom stereocenters. The lowest BCUT2D eigenvalue weighted by Crippen LogP contribution is -2.27. The predicted molar refractivity (Wildman–Crippen MR) is 96.8 cm³/mol. The predicted octanol–water partition coefficient (Wildman–Crippen LogP) is 4.65. The van der Waals surface area contributed by atoms with Crippen molar-refractivity contribution < 1.29 is 54.6 Å². The summed E-state index contributed by atoms with van der Waals surface area (Å²) in [5, 5.41) is 10.9. The van der Waals surface area contributed by atoms with Crippen molar-refractivity contribution in [3.8, 4) is 11.5 Å². The SMILES string of the molecule is O=C(Oc1c(F)c(F)c(C(=O)NCc2ccccc2)c(F)c1F)c1c(F)c(F)c(O)c(F)c1F. The van der Waals surface area contributed by atoms with Crippen molar-refractivity contribution in [1.82, 2.24) is 5.32 Å². The maximum absolute atomic E-state index is 14.3. The Morgan fingerprint density at radius 2 is 1.18 bits per heavy atom. The van der Waals surface area contributed by atoms with Crippen LogP contribution < -0.4 is 10.1 Å². The largest absolute Gasteiger partial charge is 0.503 e. The Labute approximate surface area is 184 Å². The summed E-state index contributed by atoms with van der Waals surface area (Å²) in [6.45, 7) is -0.297. The minimum Gasteiger partial charge on any atom is -0.503 e. The third-order valence-electron chi connectivity index (χ3n) is 4.39. The highest BCUT2D eigenvalue weighted by molar-refractivity contribution is 5.95. The Bertz CT molecular complexity index is 1260. The molecule has 178 valence electrons. The van der Waals surface area contributed by atoms with Crippen LogP contribution in [0.3, 0.4) is 0 Å². The number of rotatable bonds is 5. The van der Waals surface area contributed by atoms with Crippen LogP contribution in [0.2, 0.25) is 0 Å². The van der Waals surface area contributed by atoms with E-state index < -0.39 is 81.0 Å². The van der Waals surface area contributed by atoms with E-state index in [2.05, 4.69) is 4.74 Å². The molecule has 0 bridgehead atoms. The van der Waals surface area contributed by atoms with Gasteiger partial charge in [-0.2, -0.15) is 17.6 Å². The fraction of sp³-hybridized carbons (Fsp3) is 0.0476. The summed E-state index contributed by atoms with van der Waals surface area (Å²) in [4.78, 5) is 24.0. The van der Waals surface area contributed by atoms with Gasteiger partial charge in [0.05, 0.1) is 0 Å². The van der Waals surface area contributed by atoms with Crippen molar-refractivity contribution in [2.45, 2.75) is 6.54 Å². The topological polar surface area (TPSA) is 75.6 Å². The number of nitrogens with one attached hydrogen (secondary N) is 1. The second-order valence-corrected chi connectivity index (χ2v) is 6.50. The second-order valence-electron chi connectivity index (χ2n) is 6.50. The third kappa shape index (κ3) is 4.23. The number of amides is 1. The van der Waals surface area contributed by atoms with Gasteiger partial charge in [-0.1, -0.05) is 30.3 Å². The molecule has 3 rings (SSSR count). The Morgan fingerprint density at radius 3 is 1.68 bits per heavy atom. The maximum Gasteiger partial charge on any atom is 0.349 e. The quantitative estimate of drug-likeness (QED) is 0.236. The van der Waals surface area contributed by atoms with Crippen LogP contribution >= 0.6 is 0 Å². The first kappa shape index (κ1) is 24.5. The first-order valence-electron chi connectivity index (χ1n) is 8.92. The van der Waals surface area contributed by atoms with Crippen LogP contribution in [0.15, 0.2) is 30.3 Å². The van der Waals surface area contributed by atoms with Gasteiger partial charge in [-0.3, -0.25) is 4.79 Å². The van der Waals surface area contributed by atoms with E-state index >= 15 is 0 Å². The van der Waals surface area contributed by atoms with E-state index in [-0.39, 0.29) is 6.54 Å². The molecule has 3 aromatic carbocycles. The number of esters is 1.